The van der Waals surface area contributed by atoms with Gasteiger partial charge in [0, 0.05) is 11.3 Å². The van der Waals surface area contributed by atoms with E-state index in [1.165, 1.54) is 33.5 Å². The summed E-state index contributed by atoms with van der Waals surface area (Å²) in [5, 5.41) is 14.3. The Hall–Kier alpha value is -3.33. The molecule has 2 aromatic carbocycles. The van der Waals surface area contributed by atoms with Gasteiger partial charge in [0.05, 0.1) is 27.8 Å². The van der Waals surface area contributed by atoms with Crippen LogP contribution in [0.3, 0.4) is 0 Å². The Morgan fingerprint density at radius 2 is 1.57 bits per heavy atom. The van der Waals surface area contributed by atoms with Crippen molar-refractivity contribution >= 4 is 34.9 Å². The van der Waals surface area contributed by atoms with E-state index in [4.69, 9.17) is 31.5 Å². The number of thiocarbonyl (C=S) groups is 1. The van der Waals surface area contributed by atoms with Crippen molar-refractivity contribution in [1.29, 1.82) is 0 Å². The van der Waals surface area contributed by atoms with Crippen molar-refractivity contribution in [2.75, 3.05) is 26.6 Å². The second-order valence-corrected chi connectivity index (χ2v) is 6.00. The number of rotatable bonds is 7. The molecule has 8 nitrogen and oxygen atoms in total. The van der Waals surface area contributed by atoms with Crippen LogP contribution in [0.5, 0.6) is 17.2 Å². The molecule has 0 saturated carbocycles. The van der Waals surface area contributed by atoms with E-state index in [-0.39, 0.29) is 17.1 Å². The number of carbonyl (C=O) groups excluding carboxylic acids is 1. The van der Waals surface area contributed by atoms with Gasteiger partial charge in [0.2, 0.25) is 5.75 Å². The number of carboxylic acid groups (broad SMARTS) is 1. The number of carbonyl (C=O) groups is 2. The average Bonchev–Trinajstić information content (AvgIpc) is 2.67. The SMILES string of the molecule is COc1cc(C(=O)NC(=S)Nc2ccc(CC(=O)O)cc2)cc(OC)c1OC. The summed E-state index contributed by atoms with van der Waals surface area (Å²) in [5.74, 6) is -0.295. The van der Waals surface area contributed by atoms with Crippen LogP contribution in [-0.4, -0.2) is 43.4 Å². The molecule has 148 valence electrons. The van der Waals surface area contributed by atoms with Crippen molar-refractivity contribution in [1.82, 2.24) is 5.32 Å². The lowest BCUT2D eigenvalue weighted by Gasteiger charge is -2.14. The van der Waals surface area contributed by atoms with Gasteiger partial charge >= 0.3 is 5.97 Å². The van der Waals surface area contributed by atoms with E-state index in [1.807, 2.05) is 0 Å². The fourth-order valence-corrected chi connectivity index (χ4v) is 2.64. The normalized spacial score (nSPS) is 9.96. The maximum Gasteiger partial charge on any atom is 0.307 e. The molecule has 28 heavy (non-hydrogen) atoms. The van der Waals surface area contributed by atoms with Gasteiger partial charge in [-0.25, -0.2) is 0 Å². The largest absolute Gasteiger partial charge is 0.493 e. The first-order valence-electron chi connectivity index (χ1n) is 8.11. The highest BCUT2D eigenvalue weighted by Crippen LogP contribution is 2.38. The number of benzene rings is 2. The summed E-state index contributed by atoms with van der Waals surface area (Å²) in [6.07, 6.45) is -0.0669. The highest BCUT2D eigenvalue weighted by Gasteiger charge is 2.17. The molecule has 0 unspecified atom stereocenters. The van der Waals surface area contributed by atoms with Gasteiger partial charge in [-0.1, -0.05) is 12.1 Å². The van der Waals surface area contributed by atoms with Crippen LogP contribution in [-0.2, 0) is 11.2 Å². The summed E-state index contributed by atoms with van der Waals surface area (Å²) in [6.45, 7) is 0. The number of hydrogen-bond acceptors (Lipinski definition) is 6. The minimum atomic E-state index is -0.908. The fraction of sp³-hybridized carbons (Fsp3) is 0.211. The number of hydrogen-bond donors (Lipinski definition) is 3. The number of aliphatic carboxylic acids is 1. The molecule has 0 bridgehead atoms. The number of methoxy groups -OCH3 is 3. The molecule has 0 fully saturated rings. The third-order valence-corrected chi connectivity index (χ3v) is 3.93. The van der Waals surface area contributed by atoms with Crippen LogP contribution in [0.15, 0.2) is 36.4 Å². The van der Waals surface area contributed by atoms with Gasteiger partial charge < -0.3 is 24.6 Å². The molecule has 1 amide bonds. The summed E-state index contributed by atoms with van der Waals surface area (Å²) in [7, 11) is 4.39. The molecule has 9 heteroatoms. The summed E-state index contributed by atoms with van der Waals surface area (Å²) >= 11 is 5.16. The second-order valence-electron chi connectivity index (χ2n) is 5.59. The topological polar surface area (TPSA) is 106 Å². The zero-order valence-corrected chi connectivity index (χ0v) is 16.4. The maximum atomic E-state index is 12.5. The molecule has 2 rings (SSSR count). The van der Waals surface area contributed by atoms with Crippen LogP contribution < -0.4 is 24.8 Å². The number of anilines is 1. The lowest BCUT2D eigenvalue weighted by molar-refractivity contribution is -0.136. The van der Waals surface area contributed by atoms with E-state index in [0.29, 0.717) is 28.5 Å². The van der Waals surface area contributed by atoms with Crippen molar-refractivity contribution in [2.24, 2.45) is 0 Å². The number of nitrogens with one attached hydrogen (secondary N) is 2. The zero-order valence-electron chi connectivity index (χ0n) is 15.6. The van der Waals surface area contributed by atoms with Crippen LogP contribution >= 0.6 is 12.2 Å². The molecule has 0 radical (unpaired) electrons. The maximum absolute atomic E-state index is 12.5. The molecular weight excluding hydrogens is 384 g/mol. The number of carboxylic acids is 1. The van der Waals surface area contributed by atoms with Crippen LogP contribution in [0.2, 0.25) is 0 Å². The van der Waals surface area contributed by atoms with E-state index in [1.54, 1.807) is 24.3 Å². The Balaban J connectivity index is 2.08. The van der Waals surface area contributed by atoms with Crippen molar-refractivity contribution in [3.63, 3.8) is 0 Å². The molecule has 0 spiro atoms. The third kappa shape index (κ3) is 5.34. The molecule has 0 aliphatic carbocycles. The number of ether oxygens (including phenoxy) is 3. The predicted molar refractivity (Wildman–Crippen MR) is 108 cm³/mol. The van der Waals surface area contributed by atoms with Gasteiger partial charge in [0.15, 0.2) is 16.6 Å². The first-order valence-corrected chi connectivity index (χ1v) is 8.51. The third-order valence-electron chi connectivity index (χ3n) is 3.72. The Morgan fingerprint density at radius 3 is 2.04 bits per heavy atom. The average molecular weight is 404 g/mol. The Kier molecular flexibility index (Phi) is 7.16. The van der Waals surface area contributed by atoms with Crippen molar-refractivity contribution in [3.05, 3.63) is 47.5 Å². The minimum Gasteiger partial charge on any atom is -0.493 e. The van der Waals surface area contributed by atoms with E-state index in [9.17, 15) is 9.59 Å². The highest BCUT2D eigenvalue weighted by atomic mass is 32.1. The van der Waals surface area contributed by atoms with Gasteiger partial charge in [-0.05, 0) is 42.0 Å². The van der Waals surface area contributed by atoms with Crippen LogP contribution in [0.1, 0.15) is 15.9 Å². The van der Waals surface area contributed by atoms with E-state index < -0.39 is 11.9 Å². The van der Waals surface area contributed by atoms with Crippen LogP contribution in [0.25, 0.3) is 0 Å². The highest BCUT2D eigenvalue weighted by molar-refractivity contribution is 7.80. The lowest BCUT2D eigenvalue weighted by Crippen LogP contribution is -2.34. The molecular formula is C19H20N2O6S. The molecule has 0 heterocycles. The summed E-state index contributed by atoms with van der Waals surface area (Å²) < 4.78 is 15.7. The van der Waals surface area contributed by atoms with Crippen molar-refractivity contribution < 1.29 is 28.9 Å². The minimum absolute atomic E-state index is 0.0669. The molecule has 0 aliphatic rings. The van der Waals surface area contributed by atoms with Crippen molar-refractivity contribution in [2.45, 2.75) is 6.42 Å². The van der Waals surface area contributed by atoms with Gasteiger partial charge in [0.25, 0.3) is 5.91 Å². The predicted octanol–water partition coefficient (Wildman–Crippen LogP) is 2.47. The smallest absolute Gasteiger partial charge is 0.307 e. The second kappa shape index (κ2) is 9.56. The Bertz CT molecular complexity index is 857. The van der Waals surface area contributed by atoms with Gasteiger partial charge in [-0.3, -0.25) is 14.9 Å². The lowest BCUT2D eigenvalue weighted by atomic mass is 10.1. The molecule has 2 aromatic rings. The number of amides is 1. The molecule has 0 aromatic heterocycles. The van der Waals surface area contributed by atoms with Gasteiger partial charge in [-0.15, -0.1) is 0 Å². The molecule has 0 atom stereocenters. The zero-order chi connectivity index (χ0) is 20.7. The summed E-state index contributed by atoms with van der Waals surface area (Å²) in [5.41, 5.74) is 1.55. The first-order chi connectivity index (χ1) is 13.4. The van der Waals surface area contributed by atoms with Crippen LogP contribution in [0.4, 0.5) is 5.69 Å². The molecule has 0 aliphatic heterocycles. The molecule has 3 N–H and O–H groups in total. The van der Waals surface area contributed by atoms with Gasteiger partial charge in [-0.2, -0.15) is 0 Å². The summed E-state index contributed by atoms with van der Waals surface area (Å²) in [4.78, 5) is 23.2. The van der Waals surface area contributed by atoms with Crippen LogP contribution in [0, 0.1) is 0 Å². The van der Waals surface area contributed by atoms with E-state index in [0.717, 1.165) is 0 Å². The first kappa shape index (κ1) is 21.0. The Labute approximate surface area is 167 Å². The Morgan fingerprint density at radius 1 is 1.00 bits per heavy atom. The standard InChI is InChI=1S/C19H20N2O6S/c1-25-14-9-12(10-15(26-2)17(14)27-3)18(24)21-19(28)20-13-6-4-11(5-7-13)8-16(22)23/h4-7,9-10H,8H2,1-3H3,(H,22,23)(H2,20,21,24,28). The monoisotopic (exact) mass is 404 g/mol. The van der Waals surface area contributed by atoms with Crippen molar-refractivity contribution in [3.8, 4) is 17.2 Å². The van der Waals surface area contributed by atoms with E-state index in [2.05, 4.69) is 10.6 Å². The fourth-order valence-electron chi connectivity index (χ4n) is 2.43. The van der Waals surface area contributed by atoms with E-state index >= 15 is 0 Å². The molecule has 0 saturated heterocycles. The van der Waals surface area contributed by atoms with Gasteiger partial charge in [0.1, 0.15) is 0 Å². The summed E-state index contributed by atoms with van der Waals surface area (Å²) in [6, 6.07) is 9.71. The quantitative estimate of drug-likeness (QED) is 0.605.